The maximum atomic E-state index is 14.6. The van der Waals surface area contributed by atoms with Crippen LogP contribution in [0.1, 0.15) is 17.5 Å². The Bertz CT molecular complexity index is 956. The summed E-state index contributed by atoms with van der Waals surface area (Å²) in [5, 5.41) is 0.302. The van der Waals surface area contributed by atoms with E-state index in [1.807, 2.05) is 55.5 Å². The summed E-state index contributed by atoms with van der Waals surface area (Å²) in [4.78, 5) is 4.65. The Morgan fingerprint density at radius 1 is 0.963 bits per heavy atom. The van der Waals surface area contributed by atoms with Gasteiger partial charge in [0.2, 0.25) is 6.29 Å². The number of rotatable bonds is 4. The average molecular weight is 382 g/mol. The van der Waals surface area contributed by atoms with Crippen LogP contribution in [0.4, 0.5) is 10.1 Å². The van der Waals surface area contributed by atoms with Crippen LogP contribution in [0.5, 0.6) is 11.5 Å². The van der Waals surface area contributed by atoms with E-state index in [9.17, 15) is 4.39 Å². The first-order valence-corrected chi connectivity index (χ1v) is 8.99. The molecule has 0 aliphatic carbocycles. The third-order valence-corrected chi connectivity index (χ3v) is 4.59. The topological polar surface area (TPSA) is 30.8 Å². The monoisotopic (exact) mass is 381 g/mol. The van der Waals surface area contributed by atoms with Crippen molar-refractivity contribution in [1.29, 1.82) is 0 Å². The van der Waals surface area contributed by atoms with Crippen molar-refractivity contribution in [2.45, 2.75) is 19.6 Å². The lowest BCUT2D eigenvalue weighted by molar-refractivity contribution is 0.0568. The van der Waals surface area contributed by atoms with Crippen molar-refractivity contribution in [3.63, 3.8) is 0 Å². The Balaban J connectivity index is 1.70. The van der Waals surface area contributed by atoms with Gasteiger partial charge in [-0.2, -0.15) is 0 Å². The largest absolute Gasteiger partial charge is 0.451 e. The van der Waals surface area contributed by atoms with Crippen molar-refractivity contribution in [3.8, 4) is 11.5 Å². The molecule has 5 heteroatoms. The van der Waals surface area contributed by atoms with Gasteiger partial charge in [0, 0.05) is 0 Å². The zero-order valence-electron chi connectivity index (χ0n) is 14.7. The molecule has 4 rings (SSSR count). The summed E-state index contributed by atoms with van der Waals surface area (Å²) in [6.45, 7) is 2.00. The number of para-hydroxylation sites is 2. The van der Waals surface area contributed by atoms with E-state index in [2.05, 4.69) is 4.99 Å². The highest BCUT2D eigenvalue weighted by molar-refractivity contribution is 6.34. The molecule has 1 aliphatic heterocycles. The minimum Gasteiger partial charge on any atom is -0.451 e. The quantitative estimate of drug-likeness (QED) is 0.511. The maximum Gasteiger partial charge on any atom is 0.247 e. The molecule has 0 spiro atoms. The number of benzene rings is 3. The minimum absolute atomic E-state index is 0.253. The first-order valence-electron chi connectivity index (χ1n) is 8.61. The number of ether oxygens (including phenoxy) is 2. The molecule has 136 valence electrons. The van der Waals surface area contributed by atoms with Crippen LogP contribution in [0.2, 0.25) is 5.02 Å². The van der Waals surface area contributed by atoms with E-state index in [0.29, 0.717) is 27.9 Å². The summed E-state index contributed by atoms with van der Waals surface area (Å²) in [5.74, 6) is 0.900. The van der Waals surface area contributed by atoms with Gasteiger partial charge in [0.05, 0.1) is 28.4 Å². The molecule has 0 saturated heterocycles. The molecular weight excluding hydrogens is 365 g/mol. The third kappa shape index (κ3) is 3.81. The maximum absolute atomic E-state index is 14.6. The molecular formula is C22H17ClFNO2. The fourth-order valence-corrected chi connectivity index (χ4v) is 3.22. The summed E-state index contributed by atoms with van der Waals surface area (Å²) in [5.41, 5.74) is 2.57. The summed E-state index contributed by atoms with van der Waals surface area (Å²) in [7, 11) is 0. The molecule has 0 saturated carbocycles. The predicted molar refractivity (Wildman–Crippen MR) is 105 cm³/mol. The Labute approximate surface area is 162 Å². The number of hydrogen-bond donors (Lipinski definition) is 0. The van der Waals surface area contributed by atoms with Gasteiger partial charge in [-0.1, -0.05) is 47.5 Å². The summed E-state index contributed by atoms with van der Waals surface area (Å²) < 4.78 is 26.2. The smallest absolute Gasteiger partial charge is 0.247 e. The van der Waals surface area contributed by atoms with E-state index in [4.69, 9.17) is 21.1 Å². The molecule has 1 aliphatic rings. The summed E-state index contributed by atoms with van der Waals surface area (Å²) in [6, 6.07) is 19.7. The number of aryl methyl sites for hydroxylation is 1. The molecule has 27 heavy (non-hydrogen) atoms. The predicted octanol–water partition coefficient (Wildman–Crippen LogP) is 6.10. The molecule has 0 fully saturated rings. The first-order chi connectivity index (χ1) is 13.1. The molecule has 3 nitrogen and oxygen atoms in total. The van der Waals surface area contributed by atoms with Gasteiger partial charge in [0.25, 0.3) is 0 Å². The lowest BCUT2D eigenvalue weighted by Gasteiger charge is -2.14. The second kappa shape index (κ2) is 7.41. The third-order valence-electron chi connectivity index (χ3n) is 4.28. The van der Waals surface area contributed by atoms with E-state index < -0.39 is 12.1 Å². The van der Waals surface area contributed by atoms with Gasteiger partial charge in [-0.05, 0) is 43.3 Å². The second-order valence-corrected chi connectivity index (χ2v) is 6.71. The normalized spacial score (nSPS) is 13.8. The van der Waals surface area contributed by atoms with Crippen LogP contribution in [-0.4, -0.2) is 12.0 Å². The highest BCUT2D eigenvalue weighted by Gasteiger charge is 2.27. The Kier molecular flexibility index (Phi) is 4.82. The van der Waals surface area contributed by atoms with E-state index >= 15 is 0 Å². The van der Waals surface area contributed by atoms with E-state index in [1.54, 1.807) is 12.1 Å². The van der Waals surface area contributed by atoms with Crippen LogP contribution in [0.15, 0.2) is 71.7 Å². The fourth-order valence-electron chi connectivity index (χ4n) is 2.95. The van der Waals surface area contributed by atoms with Gasteiger partial charge < -0.3 is 9.47 Å². The van der Waals surface area contributed by atoms with Crippen LogP contribution in [0.3, 0.4) is 0 Å². The van der Waals surface area contributed by atoms with Gasteiger partial charge >= 0.3 is 0 Å². The van der Waals surface area contributed by atoms with Gasteiger partial charge in [0.15, 0.2) is 11.5 Å². The molecule has 0 atom stereocenters. The molecule has 0 amide bonds. The molecule has 3 aromatic carbocycles. The van der Waals surface area contributed by atoms with Crippen molar-refractivity contribution in [2.75, 3.05) is 0 Å². The van der Waals surface area contributed by atoms with Gasteiger partial charge in [-0.25, -0.2) is 4.39 Å². The van der Waals surface area contributed by atoms with Gasteiger partial charge in [0.1, 0.15) is 5.82 Å². The Hall–Kier alpha value is -2.85. The fraction of sp³-hybridized carbons (Fsp3) is 0.136. The summed E-state index contributed by atoms with van der Waals surface area (Å²) in [6.07, 6.45) is -0.342. The Morgan fingerprint density at radius 3 is 2.26 bits per heavy atom. The van der Waals surface area contributed by atoms with Crippen LogP contribution in [0.25, 0.3) is 0 Å². The van der Waals surface area contributed by atoms with Crippen LogP contribution in [0, 0.1) is 12.7 Å². The molecule has 1 heterocycles. The van der Waals surface area contributed by atoms with Crippen molar-refractivity contribution < 1.29 is 13.9 Å². The van der Waals surface area contributed by atoms with Crippen LogP contribution >= 0.6 is 11.6 Å². The standard InChI is InChI=1S/C22H17ClFNO2/c1-14-9-11-15(12-10-14)25-18(22-16(23)5-4-6-17(22)24)13-21-26-19-7-2-3-8-20(19)27-21/h2-12,21H,13H2,1H3. The average Bonchev–Trinajstić information content (AvgIpc) is 3.05. The van der Waals surface area contributed by atoms with Crippen molar-refractivity contribution in [3.05, 3.63) is 88.7 Å². The zero-order valence-corrected chi connectivity index (χ0v) is 15.4. The van der Waals surface area contributed by atoms with Crippen molar-refractivity contribution in [2.24, 2.45) is 4.99 Å². The highest BCUT2D eigenvalue weighted by Crippen LogP contribution is 2.36. The molecule has 0 unspecified atom stereocenters. The van der Waals surface area contributed by atoms with Crippen LogP contribution in [-0.2, 0) is 0 Å². The molecule has 0 bridgehead atoms. The lowest BCUT2D eigenvalue weighted by Crippen LogP contribution is -2.23. The highest BCUT2D eigenvalue weighted by atomic mass is 35.5. The minimum atomic E-state index is -0.595. The van der Waals surface area contributed by atoms with Gasteiger partial charge in [-0.15, -0.1) is 0 Å². The second-order valence-electron chi connectivity index (χ2n) is 6.31. The molecule has 0 aromatic heterocycles. The Morgan fingerprint density at radius 2 is 1.63 bits per heavy atom. The zero-order chi connectivity index (χ0) is 18.8. The van der Waals surface area contributed by atoms with E-state index in [1.165, 1.54) is 6.07 Å². The number of hydrogen-bond acceptors (Lipinski definition) is 3. The lowest BCUT2D eigenvalue weighted by atomic mass is 10.1. The van der Waals surface area contributed by atoms with E-state index in [0.717, 1.165) is 5.56 Å². The molecule has 3 aromatic rings. The molecule has 0 radical (unpaired) electrons. The first kappa shape index (κ1) is 17.6. The molecule has 0 N–H and O–H groups in total. The van der Waals surface area contributed by atoms with E-state index in [-0.39, 0.29) is 12.0 Å². The van der Waals surface area contributed by atoms with Crippen molar-refractivity contribution >= 4 is 23.0 Å². The number of aliphatic imine (C=N–C) groups is 1. The number of fused-ring (bicyclic) bond motifs is 1. The SMILES string of the molecule is Cc1ccc(N=C(CC2Oc3ccccc3O2)c2c(F)cccc2Cl)cc1. The number of nitrogens with zero attached hydrogens (tertiary/aromatic N) is 1. The van der Waals surface area contributed by atoms with Crippen LogP contribution < -0.4 is 9.47 Å². The number of halogens is 2. The van der Waals surface area contributed by atoms with Gasteiger partial charge in [-0.3, -0.25) is 4.99 Å². The summed E-state index contributed by atoms with van der Waals surface area (Å²) >= 11 is 6.29. The van der Waals surface area contributed by atoms with Crippen molar-refractivity contribution in [1.82, 2.24) is 0 Å².